The lowest BCUT2D eigenvalue weighted by atomic mass is 9.93. The van der Waals surface area contributed by atoms with Crippen LogP contribution in [0.4, 0.5) is 5.69 Å². The van der Waals surface area contributed by atoms with Crippen LogP contribution in [0.25, 0.3) is 0 Å². The number of ether oxygens (including phenoxy) is 1. The second kappa shape index (κ2) is 5.75. The Bertz CT molecular complexity index is 511. The molecule has 0 unspecified atom stereocenters. The molecule has 1 aromatic carbocycles. The number of benzene rings is 1. The highest BCUT2D eigenvalue weighted by atomic mass is 16.5. The van der Waals surface area contributed by atoms with Crippen LogP contribution >= 0.6 is 0 Å². The highest BCUT2D eigenvalue weighted by Gasteiger charge is 2.22. The van der Waals surface area contributed by atoms with Gasteiger partial charge in [-0.15, -0.1) is 0 Å². The quantitative estimate of drug-likeness (QED) is 0.835. The van der Waals surface area contributed by atoms with E-state index in [0.717, 1.165) is 31.6 Å². The molecule has 0 radical (unpaired) electrons. The fourth-order valence-corrected chi connectivity index (χ4v) is 2.51. The van der Waals surface area contributed by atoms with Gasteiger partial charge in [-0.25, -0.2) is 0 Å². The normalized spacial score (nSPS) is 15.9. The third-order valence-corrected chi connectivity index (χ3v) is 3.74. The summed E-state index contributed by atoms with van der Waals surface area (Å²) in [4.78, 5) is 13.6. The molecule has 0 bridgehead atoms. The molecular weight excluding hydrogens is 240 g/mol. The lowest BCUT2D eigenvalue weighted by Gasteiger charge is -2.32. The van der Waals surface area contributed by atoms with Crippen molar-refractivity contribution in [2.45, 2.75) is 19.8 Å². The van der Waals surface area contributed by atoms with Crippen LogP contribution in [0.5, 0.6) is 5.75 Å². The molecule has 100 valence electrons. The second-order valence-electron chi connectivity index (χ2n) is 4.87. The van der Waals surface area contributed by atoms with Gasteiger partial charge < -0.3 is 9.64 Å². The van der Waals surface area contributed by atoms with Gasteiger partial charge in [-0.3, -0.25) is 4.79 Å². The van der Waals surface area contributed by atoms with Crippen LogP contribution in [0, 0.1) is 17.2 Å². The first-order valence-electron chi connectivity index (χ1n) is 6.49. The predicted molar refractivity (Wildman–Crippen MR) is 73.3 cm³/mol. The Morgan fingerprint density at radius 1 is 1.42 bits per heavy atom. The summed E-state index contributed by atoms with van der Waals surface area (Å²) in [7, 11) is 1.57. The topological polar surface area (TPSA) is 53.3 Å². The van der Waals surface area contributed by atoms with Gasteiger partial charge in [0.2, 0.25) is 0 Å². The number of anilines is 1. The number of piperidine rings is 1. The van der Waals surface area contributed by atoms with Gasteiger partial charge in [0.15, 0.2) is 0 Å². The van der Waals surface area contributed by atoms with Crippen LogP contribution in [0.2, 0.25) is 0 Å². The predicted octanol–water partition coefficient (Wildman–Crippen LogP) is 2.37. The summed E-state index contributed by atoms with van der Waals surface area (Å²) >= 11 is 0. The number of carbonyl (C=O) groups excluding carboxylic acids is 1. The van der Waals surface area contributed by atoms with E-state index in [-0.39, 0.29) is 11.7 Å². The molecule has 19 heavy (non-hydrogen) atoms. The number of hydrogen-bond acceptors (Lipinski definition) is 4. The fourth-order valence-electron chi connectivity index (χ4n) is 2.51. The molecule has 1 aliphatic rings. The lowest BCUT2D eigenvalue weighted by molar-refractivity contribution is -0.121. The smallest absolute Gasteiger partial charge is 0.138 e. The van der Waals surface area contributed by atoms with Crippen molar-refractivity contribution in [2.24, 2.45) is 5.92 Å². The molecule has 0 N–H and O–H groups in total. The van der Waals surface area contributed by atoms with Crippen molar-refractivity contribution in [1.29, 1.82) is 5.26 Å². The van der Waals surface area contributed by atoms with Gasteiger partial charge >= 0.3 is 0 Å². The Labute approximate surface area is 113 Å². The minimum atomic E-state index is 0.205. The first kappa shape index (κ1) is 13.4. The van der Waals surface area contributed by atoms with E-state index in [1.165, 1.54) is 0 Å². The van der Waals surface area contributed by atoms with Gasteiger partial charge in [-0.05, 0) is 31.9 Å². The average molecular weight is 258 g/mol. The standard InChI is InChI=1S/C15H18N2O2/c1-11(18)12-5-7-17(8-6-12)14-4-3-13(10-16)15(9-14)19-2/h3-4,9,12H,5-8H2,1-2H3. The first-order chi connectivity index (χ1) is 9.15. The number of methoxy groups -OCH3 is 1. The number of nitriles is 1. The second-order valence-corrected chi connectivity index (χ2v) is 4.87. The molecule has 0 amide bonds. The van der Waals surface area contributed by atoms with Crippen molar-refractivity contribution in [3.63, 3.8) is 0 Å². The van der Waals surface area contributed by atoms with Gasteiger partial charge in [0.25, 0.3) is 0 Å². The number of hydrogen-bond donors (Lipinski definition) is 0. The van der Waals surface area contributed by atoms with E-state index in [4.69, 9.17) is 10.00 Å². The molecule has 1 aliphatic heterocycles. The van der Waals surface area contributed by atoms with E-state index in [2.05, 4.69) is 11.0 Å². The van der Waals surface area contributed by atoms with Crippen molar-refractivity contribution in [2.75, 3.05) is 25.1 Å². The average Bonchev–Trinajstić information content (AvgIpc) is 2.46. The SMILES string of the molecule is COc1cc(N2CCC(C(C)=O)CC2)ccc1C#N. The van der Waals surface area contributed by atoms with E-state index in [1.54, 1.807) is 20.1 Å². The summed E-state index contributed by atoms with van der Waals surface area (Å²) in [6, 6.07) is 7.73. The minimum Gasteiger partial charge on any atom is -0.495 e. The van der Waals surface area contributed by atoms with Crippen molar-refractivity contribution < 1.29 is 9.53 Å². The molecule has 4 nitrogen and oxygen atoms in total. The van der Waals surface area contributed by atoms with Crippen LogP contribution in [0.1, 0.15) is 25.3 Å². The molecule has 0 saturated carbocycles. The number of nitrogens with zero attached hydrogens (tertiary/aromatic N) is 2. The molecule has 1 saturated heterocycles. The van der Waals surface area contributed by atoms with Crippen molar-refractivity contribution >= 4 is 11.5 Å². The molecule has 0 atom stereocenters. The van der Waals surface area contributed by atoms with Crippen LogP contribution in [-0.4, -0.2) is 26.0 Å². The van der Waals surface area contributed by atoms with Crippen molar-refractivity contribution in [1.82, 2.24) is 0 Å². The summed E-state index contributed by atoms with van der Waals surface area (Å²) in [5.74, 6) is 1.10. The van der Waals surface area contributed by atoms with Crippen LogP contribution in [0.15, 0.2) is 18.2 Å². The highest BCUT2D eigenvalue weighted by molar-refractivity contribution is 5.78. The maximum atomic E-state index is 11.4. The summed E-state index contributed by atoms with van der Waals surface area (Å²) < 4.78 is 5.22. The Hall–Kier alpha value is -2.02. The highest BCUT2D eigenvalue weighted by Crippen LogP contribution is 2.28. The van der Waals surface area contributed by atoms with E-state index >= 15 is 0 Å². The Morgan fingerprint density at radius 3 is 2.63 bits per heavy atom. The Balaban J connectivity index is 2.12. The zero-order valence-electron chi connectivity index (χ0n) is 11.3. The lowest BCUT2D eigenvalue weighted by Crippen LogP contribution is -2.35. The molecule has 0 aromatic heterocycles. The molecular formula is C15H18N2O2. The van der Waals surface area contributed by atoms with E-state index < -0.39 is 0 Å². The molecule has 0 aliphatic carbocycles. The zero-order valence-corrected chi connectivity index (χ0v) is 11.3. The summed E-state index contributed by atoms with van der Waals surface area (Å²) in [6.45, 7) is 3.42. The monoisotopic (exact) mass is 258 g/mol. The van der Waals surface area contributed by atoms with Gasteiger partial charge in [-0.1, -0.05) is 0 Å². The van der Waals surface area contributed by atoms with Gasteiger partial charge in [-0.2, -0.15) is 5.26 Å². The van der Waals surface area contributed by atoms with Crippen molar-refractivity contribution in [3.05, 3.63) is 23.8 Å². The summed E-state index contributed by atoms with van der Waals surface area (Å²) in [5.41, 5.74) is 1.60. The maximum absolute atomic E-state index is 11.4. The first-order valence-corrected chi connectivity index (χ1v) is 6.49. The largest absolute Gasteiger partial charge is 0.495 e. The third kappa shape index (κ3) is 2.87. The van der Waals surface area contributed by atoms with Gasteiger partial charge in [0.05, 0.1) is 12.7 Å². The summed E-state index contributed by atoms with van der Waals surface area (Å²) in [5, 5.41) is 8.97. The van der Waals surface area contributed by atoms with Crippen LogP contribution in [-0.2, 0) is 4.79 Å². The fraction of sp³-hybridized carbons (Fsp3) is 0.467. The number of rotatable bonds is 3. The Morgan fingerprint density at radius 2 is 2.11 bits per heavy atom. The molecule has 4 heteroatoms. The van der Waals surface area contributed by atoms with Gasteiger partial charge in [0, 0.05) is 30.8 Å². The molecule has 1 aromatic rings. The summed E-state index contributed by atoms with van der Waals surface area (Å²) in [6.07, 6.45) is 1.80. The maximum Gasteiger partial charge on any atom is 0.138 e. The zero-order chi connectivity index (χ0) is 13.8. The van der Waals surface area contributed by atoms with E-state index in [9.17, 15) is 4.79 Å². The molecule has 2 rings (SSSR count). The number of Topliss-reactive ketones (excluding diaryl/α,β-unsaturated/α-hetero) is 1. The number of carbonyl (C=O) groups is 1. The minimum absolute atomic E-state index is 0.205. The van der Waals surface area contributed by atoms with E-state index in [0.29, 0.717) is 11.3 Å². The van der Waals surface area contributed by atoms with Crippen molar-refractivity contribution in [3.8, 4) is 11.8 Å². The van der Waals surface area contributed by atoms with Crippen LogP contribution < -0.4 is 9.64 Å². The third-order valence-electron chi connectivity index (χ3n) is 3.74. The molecule has 0 spiro atoms. The molecule has 1 fully saturated rings. The van der Waals surface area contributed by atoms with E-state index in [1.807, 2.05) is 12.1 Å². The Kier molecular flexibility index (Phi) is 4.06. The number of ketones is 1. The van der Waals surface area contributed by atoms with Crippen LogP contribution in [0.3, 0.4) is 0 Å². The molecule has 1 heterocycles. The van der Waals surface area contributed by atoms with Gasteiger partial charge in [0.1, 0.15) is 17.6 Å².